The standard InChI is InChI=1S/C22H28FN3O2/c1-13-4-6-15(7-5-13)21(24)22(28)25-16-8-9-18(19(23)12-16)17-10-11-20(27)26(3)14(17)2/h8-13,15,21H,4-7,24H2,1-3H3,(H,25,28)/t13?,15?,21-/m0/s1. The predicted octanol–water partition coefficient (Wildman–Crippen LogP) is 3.59. The Bertz CT molecular complexity index is 930. The molecule has 1 atom stereocenters. The number of carbonyl (C=O) groups is 1. The highest BCUT2D eigenvalue weighted by Crippen LogP contribution is 2.31. The molecule has 0 aliphatic heterocycles. The van der Waals surface area contributed by atoms with E-state index in [0.29, 0.717) is 28.4 Å². The minimum atomic E-state index is -0.582. The summed E-state index contributed by atoms with van der Waals surface area (Å²) in [6, 6.07) is 7.03. The Morgan fingerprint density at radius 3 is 2.46 bits per heavy atom. The molecule has 5 nitrogen and oxygen atoms in total. The fraction of sp³-hybridized carbons (Fsp3) is 0.455. The molecule has 1 fully saturated rings. The SMILES string of the molecule is Cc1c(-c2ccc(NC(=O)[C@@H](N)C3CCC(C)CC3)cc2F)ccc(=O)n1C. The molecule has 3 N–H and O–H groups in total. The van der Waals surface area contributed by atoms with Gasteiger partial charge in [-0.05, 0) is 55.9 Å². The minimum Gasteiger partial charge on any atom is -0.325 e. The predicted molar refractivity (Wildman–Crippen MR) is 110 cm³/mol. The summed E-state index contributed by atoms with van der Waals surface area (Å²) in [4.78, 5) is 24.2. The second-order valence-electron chi connectivity index (χ2n) is 7.96. The van der Waals surface area contributed by atoms with Crippen LogP contribution in [0.4, 0.5) is 10.1 Å². The van der Waals surface area contributed by atoms with E-state index in [-0.39, 0.29) is 17.4 Å². The lowest BCUT2D eigenvalue weighted by Crippen LogP contribution is -2.43. The molecule has 150 valence electrons. The smallest absolute Gasteiger partial charge is 0.250 e. The highest BCUT2D eigenvalue weighted by molar-refractivity contribution is 5.95. The fourth-order valence-corrected chi connectivity index (χ4v) is 3.91. The number of rotatable bonds is 4. The Labute approximate surface area is 164 Å². The van der Waals surface area contributed by atoms with Gasteiger partial charge in [0.25, 0.3) is 0 Å². The normalized spacial score (nSPS) is 20.6. The second kappa shape index (κ2) is 8.27. The Hall–Kier alpha value is -2.47. The number of nitrogens with two attached hydrogens (primary N) is 1. The Kier molecular flexibility index (Phi) is 5.98. The zero-order chi connectivity index (χ0) is 20.4. The second-order valence-corrected chi connectivity index (χ2v) is 7.96. The number of amides is 1. The molecular weight excluding hydrogens is 357 g/mol. The molecule has 1 heterocycles. The van der Waals surface area contributed by atoms with Crippen molar-refractivity contribution in [2.75, 3.05) is 5.32 Å². The molecule has 6 heteroatoms. The first-order chi connectivity index (χ1) is 13.3. The maximum Gasteiger partial charge on any atom is 0.250 e. The number of halogens is 1. The zero-order valence-electron chi connectivity index (χ0n) is 16.7. The van der Waals surface area contributed by atoms with Gasteiger partial charge in [0.05, 0.1) is 6.04 Å². The molecule has 28 heavy (non-hydrogen) atoms. The van der Waals surface area contributed by atoms with Gasteiger partial charge in [-0.3, -0.25) is 9.59 Å². The summed E-state index contributed by atoms with van der Waals surface area (Å²) < 4.78 is 16.2. The van der Waals surface area contributed by atoms with Crippen LogP contribution in [0.2, 0.25) is 0 Å². The third-order valence-electron chi connectivity index (χ3n) is 6.01. The quantitative estimate of drug-likeness (QED) is 0.844. The van der Waals surface area contributed by atoms with E-state index in [1.807, 2.05) is 0 Å². The molecule has 2 aromatic rings. The molecule has 1 aliphatic rings. The Morgan fingerprint density at radius 1 is 1.18 bits per heavy atom. The Balaban J connectivity index is 1.75. The van der Waals surface area contributed by atoms with E-state index in [0.717, 1.165) is 25.7 Å². The van der Waals surface area contributed by atoms with Gasteiger partial charge in [-0.25, -0.2) is 4.39 Å². The first-order valence-electron chi connectivity index (χ1n) is 9.81. The van der Waals surface area contributed by atoms with Crippen molar-refractivity contribution in [1.29, 1.82) is 0 Å². The molecule has 1 aromatic carbocycles. The molecule has 1 aromatic heterocycles. The number of pyridine rings is 1. The maximum atomic E-state index is 14.7. The van der Waals surface area contributed by atoms with Crippen LogP contribution >= 0.6 is 0 Å². The van der Waals surface area contributed by atoms with Crippen LogP contribution in [0.3, 0.4) is 0 Å². The summed E-state index contributed by atoms with van der Waals surface area (Å²) in [5.41, 5.74) is 8.10. The van der Waals surface area contributed by atoms with Crippen molar-refractivity contribution >= 4 is 11.6 Å². The van der Waals surface area contributed by atoms with Crippen LogP contribution in [0.1, 0.15) is 38.3 Å². The van der Waals surface area contributed by atoms with Crippen molar-refractivity contribution < 1.29 is 9.18 Å². The lowest BCUT2D eigenvalue weighted by molar-refractivity contribution is -0.118. The van der Waals surface area contributed by atoms with Gasteiger partial charge in [0, 0.05) is 35.6 Å². The number of nitrogens with zero attached hydrogens (tertiary/aromatic N) is 1. The highest BCUT2D eigenvalue weighted by atomic mass is 19.1. The topological polar surface area (TPSA) is 77.1 Å². The fourth-order valence-electron chi connectivity index (χ4n) is 3.91. The van der Waals surface area contributed by atoms with Crippen molar-refractivity contribution in [2.45, 2.75) is 45.6 Å². The van der Waals surface area contributed by atoms with Crippen molar-refractivity contribution in [3.8, 4) is 11.1 Å². The average Bonchev–Trinajstić information content (AvgIpc) is 2.67. The molecule has 1 aliphatic carbocycles. The summed E-state index contributed by atoms with van der Waals surface area (Å²) in [5.74, 6) is 0.132. The highest BCUT2D eigenvalue weighted by Gasteiger charge is 2.28. The molecule has 1 saturated carbocycles. The molecule has 0 saturated heterocycles. The van der Waals surface area contributed by atoms with Crippen LogP contribution in [0, 0.1) is 24.6 Å². The number of hydrogen-bond acceptors (Lipinski definition) is 3. The number of anilines is 1. The minimum absolute atomic E-state index is 0.142. The van der Waals surface area contributed by atoms with Crippen molar-refractivity contribution in [1.82, 2.24) is 4.57 Å². The molecule has 0 unspecified atom stereocenters. The molecule has 0 radical (unpaired) electrons. The molecule has 0 bridgehead atoms. The van der Waals surface area contributed by atoms with E-state index < -0.39 is 11.9 Å². The van der Waals surface area contributed by atoms with Gasteiger partial charge in [0.15, 0.2) is 0 Å². The van der Waals surface area contributed by atoms with Gasteiger partial charge in [0.1, 0.15) is 5.82 Å². The third kappa shape index (κ3) is 4.17. The van der Waals surface area contributed by atoms with Crippen LogP contribution in [0.5, 0.6) is 0 Å². The van der Waals surface area contributed by atoms with E-state index in [9.17, 15) is 14.0 Å². The van der Waals surface area contributed by atoms with Crippen LogP contribution < -0.4 is 16.6 Å². The van der Waals surface area contributed by atoms with E-state index in [1.54, 1.807) is 32.2 Å². The van der Waals surface area contributed by atoms with Crippen molar-refractivity contribution in [3.63, 3.8) is 0 Å². The Morgan fingerprint density at radius 2 is 1.82 bits per heavy atom. The lowest BCUT2D eigenvalue weighted by Gasteiger charge is -2.29. The summed E-state index contributed by atoms with van der Waals surface area (Å²) in [5, 5.41) is 2.75. The number of nitrogens with one attached hydrogen (secondary N) is 1. The molecular formula is C22H28FN3O2. The van der Waals surface area contributed by atoms with Crippen LogP contribution in [0.15, 0.2) is 35.1 Å². The maximum absolute atomic E-state index is 14.7. The van der Waals surface area contributed by atoms with Gasteiger partial charge in [-0.15, -0.1) is 0 Å². The van der Waals surface area contributed by atoms with E-state index in [4.69, 9.17) is 5.73 Å². The first kappa shape index (κ1) is 20.3. The zero-order valence-corrected chi connectivity index (χ0v) is 16.7. The number of carbonyl (C=O) groups excluding carboxylic acids is 1. The van der Waals surface area contributed by atoms with Crippen molar-refractivity contribution in [2.24, 2.45) is 24.6 Å². The molecule has 0 spiro atoms. The van der Waals surface area contributed by atoms with Gasteiger partial charge in [-0.1, -0.05) is 19.8 Å². The monoisotopic (exact) mass is 385 g/mol. The lowest BCUT2D eigenvalue weighted by atomic mass is 9.79. The first-order valence-corrected chi connectivity index (χ1v) is 9.81. The van der Waals surface area contributed by atoms with Gasteiger partial charge in [0.2, 0.25) is 11.5 Å². The largest absolute Gasteiger partial charge is 0.325 e. The van der Waals surface area contributed by atoms with Gasteiger partial charge in [-0.2, -0.15) is 0 Å². The average molecular weight is 385 g/mol. The van der Waals surface area contributed by atoms with Crippen LogP contribution in [0.25, 0.3) is 11.1 Å². The summed E-state index contributed by atoms with van der Waals surface area (Å²) in [7, 11) is 1.65. The van der Waals surface area contributed by atoms with Gasteiger partial charge < -0.3 is 15.6 Å². The summed E-state index contributed by atoms with van der Waals surface area (Å²) in [6.07, 6.45) is 4.09. The number of aromatic nitrogens is 1. The van der Waals surface area contributed by atoms with Crippen LogP contribution in [-0.4, -0.2) is 16.5 Å². The van der Waals surface area contributed by atoms with Crippen LogP contribution in [-0.2, 0) is 11.8 Å². The molecule has 1 amide bonds. The van der Waals surface area contributed by atoms with Gasteiger partial charge >= 0.3 is 0 Å². The third-order valence-corrected chi connectivity index (χ3v) is 6.01. The number of benzene rings is 1. The van der Waals surface area contributed by atoms with Crippen molar-refractivity contribution in [3.05, 3.63) is 52.2 Å². The molecule has 3 rings (SSSR count). The van der Waals surface area contributed by atoms with E-state index in [1.165, 1.54) is 16.7 Å². The van der Waals surface area contributed by atoms with E-state index >= 15 is 0 Å². The number of hydrogen-bond donors (Lipinski definition) is 2. The summed E-state index contributed by atoms with van der Waals surface area (Å²) >= 11 is 0. The van der Waals surface area contributed by atoms with E-state index in [2.05, 4.69) is 12.2 Å². The summed E-state index contributed by atoms with van der Waals surface area (Å²) in [6.45, 7) is 3.99.